The molecule has 0 aromatic heterocycles. The van der Waals surface area contributed by atoms with Gasteiger partial charge in [0.05, 0.1) is 0 Å². The SMILES string of the molecule is C=C(C=C1C=C1)C=C1C=C1. The predicted molar refractivity (Wildman–Crippen MR) is 43.6 cm³/mol. The van der Waals surface area contributed by atoms with E-state index in [2.05, 4.69) is 43.0 Å². The molecule has 0 unspecified atom stereocenters. The van der Waals surface area contributed by atoms with Crippen LogP contribution in [0.25, 0.3) is 0 Å². The minimum Gasteiger partial charge on any atom is -0.0917 e. The molecule has 0 N–H and O–H groups in total. The van der Waals surface area contributed by atoms with Crippen molar-refractivity contribution >= 4 is 0 Å². The quantitative estimate of drug-likeness (QED) is 0.536. The summed E-state index contributed by atoms with van der Waals surface area (Å²) in [6.45, 7) is 3.88. The highest BCUT2D eigenvalue weighted by Crippen LogP contribution is 2.20. The zero-order valence-corrected chi connectivity index (χ0v) is 5.67. The zero-order chi connectivity index (χ0) is 6.97. The Morgan fingerprint density at radius 2 is 1.40 bits per heavy atom. The first-order valence-electron chi connectivity index (χ1n) is 3.33. The van der Waals surface area contributed by atoms with Gasteiger partial charge >= 0.3 is 0 Å². The van der Waals surface area contributed by atoms with Crippen molar-refractivity contribution < 1.29 is 0 Å². The van der Waals surface area contributed by atoms with Crippen LogP contribution in [0.4, 0.5) is 0 Å². The summed E-state index contributed by atoms with van der Waals surface area (Å²) in [6, 6.07) is 0. The molecule has 0 bridgehead atoms. The van der Waals surface area contributed by atoms with Gasteiger partial charge in [0.25, 0.3) is 0 Å². The fourth-order valence-electron chi connectivity index (χ4n) is 0.758. The second-order valence-electron chi connectivity index (χ2n) is 2.53. The van der Waals surface area contributed by atoms with Crippen LogP contribution in [0, 0.1) is 0 Å². The lowest BCUT2D eigenvalue weighted by Crippen LogP contribution is -1.65. The highest BCUT2D eigenvalue weighted by molar-refractivity contribution is 5.56. The van der Waals surface area contributed by atoms with Gasteiger partial charge in [0.1, 0.15) is 0 Å². The lowest BCUT2D eigenvalue weighted by Gasteiger charge is -1.84. The molecule has 2 aliphatic rings. The van der Waals surface area contributed by atoms with Crippen molar-refractivity contribution in [3.8, 4) is 0 Å². The van der Waals surface area contributed by atoms with Crippen LogP contribution in [0.1, 0.15) is 0 Å². The van der Waals surface area contributed by atoms with Crippen LogP contribution in [0.3, 0.4) is 0 Å². The molecule has 48 valence electrons. The Balaban J connectivity index is 1.99. The summed E-state index contributed by atoms with van der Waals surface area (Å²) < 4.78 is 0. The summed E-state index contributed by atoms with van der Waals surface area (Å²) in [4.78, 5) is 0. The van der Waals surface area contributed by atoms with Crippen molar-refractivity contribution in [1.29, 1.82) is 0 Å². The molecule has 0 aromatic carbocycles. The van der Waals surface area contributed by atoms with E-state index in [1.54, 1.807) is 0 Å². The third kappa shape index (κ3) is 1.35. The second kappa shape index (κ2) is 1.84. The maximum atomic E-state index is 3.88. The fraction of sp³-hybridized carbons (Fsp3) is 0. The Morgan fingerprint density at radius 1 is 1.00 bits per heavy atom. The Bertz CT molecular complexity index is 250. The van der Waals surface area contributed by atoms with E-state index in [9.17, 15) is 0 Å². The number of allylic oxidation sites excluding steroid dienone is 9. The summed E-state index contributed by atoms with van der Waals surface area (Å²) in [5, 5.41) is 0. The second-order valence-corrected chi connectivity index (χ2v) is 2.53. The van der Waals surface area contributed by atoms with E-state index in [1.165, 1.54) is 11.1 Å². The van der Waals surface area contributed by atoms with Crippen molar-refractivity contribution in [2.75, 3.05) is 0 Å². The minimum atomic E-state index is 1.08. The largest absolute Gasteiger partial charge is 0.0917 e. The summed E-state index contributed by atoms with van der Waals surface area (Å²) in [6.07, 6.45) is 12.4. The van der Waals surface area contributed by atoms with Gasteiger partial charge in [0.15, 0.2) is 0 Å². The Labute approximate surface area is 60.6 Å². The van der Waals surface area contributed by atoms with Crippen molar-refractivity contribution in [2.24, 2.45) is 0 Å². The molecule has 2 rings (SSSR count). The van der Waals surface area contributed by atoms with E-state index >= 15 is 0 Å². The average Bonchev–Trinajstić information content (AvgIpc) is 2.59. The first-order chi connectivity index (χ1) is 4.84. The van der Waals surface area contributed by atoms with Gasteiger partial charge in [-0.3, -0.25) is 0 Å². The van der Waals surface area contributed by atoms with E-state index in [0.29, 0.717) is 0 Å². The van der Waals surface area contributed by atoms with Crippen molar-refractivity contribution in [1.82, 2.24) is 0 Å². The Morgan fingerprint density at radius 3 is 1.70 bits per heavy atom. The van der Waals surface area contributed by atoms with Crippen molar-refractivity contribution in [2.45, 2.75) is 0 Å². The molecule has 10 heavy (non-hydrogen) atoms. The Hall–Kier alpha value is -1.30. The van der Waals surface area contributed by atoms with Crippen molar-refractivity contribution in [3.05, 3.63) is 59.8 Å². The molecule has 0 heterocycles. The molecule has 2 aliphatic carbocycles. The van der Waals surface area contributed by atoms with Crippen LogP contribution >= 0.6 is 0 Å². The van der Waals surface area contributed by atoms with Gasteiger partial charge in [0, 0.05) is 0 Å². The van der Waals surface area contributed by atoms with Crippen LogP contribution in [-0.4, -0.2) is 0 Å². The molecule has 0 atom stereocenters. The van der Waals surface area contributed by atoms with E-state index < -0.39 is 0 Å². The molecule has 0 amide bonds. The lowest BCUT2D eigenvalue weighted by molar-refractivity contribution is 1.71. The van der Waals surface area contributed by atoms with E-state index in [-0.39, 0.29) is 0 Å². The van der Waals surface area contributed by atoms with E-state index in [1.807, 2.05) is 0 Å². The minimum absolute atomic E-state index is 1.08. The topological polar surface area (TPSA) is 0 Å². The fourth-order valence-corrected chi connectivity index (χ4v) is 0.758. The van der Waals surface area contributed by atoms with Crippen LogP contribution in [0.5, 0.6) is 0 Å². The number of rotatable bonds is 2. The maximum Gasteiger partial charge on any atom is -0.0251 e. The molecule has 0 aliphatic heterocycles. The molecule has 0 heteroatoms. The van der Waals surface area contributed by atoms with Gasteiger partial charge in [-0.1, -0.05) is 30.9 Å². The van der Waals surface area contributed by atoms with Crippen LogP contribution in [0.2, 0.25) is 0 Å². The monoisotopic (exact) mass is 128 g/mol. The van der Waals surface area contributed by atoms with Gasteiger partial charge in [-0.2, -0.15) is 0 Å². The van der Waals surface area contributed by atoms with Gasteiger partial charge < -0.3 is 0 Å². The number of hydrogen-bond donors (Lipinski definition) is 0. The molecule has 0 radical (unpaired) electrons. The molecule has 0 aromatic rings. The normalized spacial score (nSPS) is 17.2. The molecule has 0 nitrogen and oxygen atoms in total. The number of hydrogen-bond acceptors (Lipinski definition) is 0. The van der Waals surface area contributed by atoms with Crippen molar-refractivity contribution in [3.63, 3.8) is 0 Å². The van der Waals surface area contributed by atoms with Gasteiger partial charge in [0.2, 0.25) is 0 Å². The molecular formula is C10H8. The molecule has 0 saturated heterocycles. The highest BCUT2D eigenvalue weighted by atomic mass is 14.1. The van der Waals surface area contributed by atoms with Gasteiger partial charge in [-0.05, 0) is 28.9 Å². The highest BCUT2D eigenvalue weighted by Gasteiger charge is 2.00. The first kappa shape index (κ1) is 5.48. The molecule has 0 spiro atoms. The Kier molecular flexibility index (Phi) is 1.01. The lowest BCUT2D eigenvalue weighted by atomic mass is 10.2. The average molecular weight is 128 g/mol. The predicted octanol–water partition coefficient (Wildman–Crippen LogP) is 2.54. The third-order valence-electron chi connectivity index (χ3n) is 1.42. The molecule has 0 fully saturated rings. The molecule has 0 saturated carbocycles. The summed E-state index contributed by atoms with van der Waals surface area (Å²) in [7, 11) is 0. The summed E-state index contributed by atoms with van der Waals surface area (Å²) >= 11 is 0. The zero-order valence-electron chi connectivity index (χ0n) is 5.67. The van der Waals surface area contributed by atoms with E-state index in [0.717, 1.165) is 5.57 Å². The first-order valence-corrected chi connectivity index (χ1v) is 3.33. The van der Waals surface area contributed by atoms with Crippen LogP contribution < -0.4 is 0 Å². The van der Waals surface area contributed by atoms with Gasteiger partial charge in [-0.25, -0.2) is 0 Å². The maximum absolute atomic E-state index is 3.88. The summed E-state index contributed by atoms with van der Waals surface area (Å²) in [5.41, 5.74) is 3.67. The van der Waals surface area contributed by atoms with E-state index in [4.69, 9.17) is 0 Å². The summed E-state index contributed by atoms with van der Waals surface area (Å²) in [5.74, 6) is 0. The standard InChI is InChI=1S/C10H8/c1-8(6-9-2-3-9)7-10-4-5-10/h2-7H,1H2. The molecular weight excluding hydrogens is 120 g/mol. The van der Waals surface area contributed by atoms with Crippen LogP contribution in [0.15, 0.2) is 59.8 Å². The third-order valence-corrected chi connectivity index (χ3v) is 1.42. The van der Waals surface area contributed by atoms with Gasteiger partial charge in [-0.15, -0.1) is 0 Å². The van der Waals surface area contributed by atoms with Crippen LogP contribution in [-0.2, 0) is 0 Å². The smallest absolute Gasteiger partial charge is 0.0251 e.